The zero-order valence-electron chi connectivity index (χ0n) is 9.00. The van der Waals surface area contributed by atoms with E-state index in [1.807, 2.05) is 6.92 Å². The smallest absolute Gasteiger partial charge is 0.271 e. The molecule has 4 nitrogen and oxygen atoms in total. The van der Waals surface area contributed by atoms with Crippen molar-refractivity contribution in [2.24, 2.45) is 5.92 Å². The van der Waals surface area contributed by atoms with Gasteiger partial charge in [0.15, 0.2) is 0 Å². The van der Waals surface area contributed by atoms with Crippen molar-refractivity contribution in [3.8, 4) is 0 Å². The number of nitro groups is 1. The van der Waals surface area contributed by atoms with Gasteiger partial charge in [-0.2, -0.15) is 0 Å². The van der Waals surface area contributed by atoms with Gasteiger partial charge >= 0.3 is 0 Å². The Hall–Kier alpha value is -1.29. The fourth-order valence-corrected chi connectivity index (χ4v) is 1.95. The van der Waals surface area contributed by atoms with Gasteiger partial charge in [-0.05, 0) is 31.2 Å². The molecule has 0 aliphatic heterocycles. The number of halogens is 1. The summed E-state index contributed by atoms with van der Waals surface area (Å²) in [7, 11) is 0. The number of nitro benzene ring substituents is 1. The summed E-state index contributed by atoms with van der Waals surface area (Å²) < 4.78 is 0. The summed E-state index contributed by atoms with van der Waals surface area (Å²) in [5.41, 5.74) is 1.68. The maximum absolute atomic E-state index is 10.6. The standard InChI is InChI=1S/C11H13ClN2O2/c1-7-4-9(14(15)16)5-10(12)11(7)13-6-8-2-3-8/h4-5,8,13H,2-3,6H2,1H3. The molecule has 0 aromatic heterocycles. The Bertz CT molecular complexity index is 407. The van der Waals surface area contributed by atoms with Crippen LogP contribution in [0.2, 0.25) is 5.02 Å². The van der Waals surface area contributed by atoms with E-state index in [0.717, 1.165) is 23.7 Å². The van der Waals surface area contributed by atoms with Crippen molar-refractivity contribution < 1.29 is 4.92 Å². The largest absolute Gasteiger partial charge is 0.383 e. The van der Waals surface area contributed by atoms with Crippen LogP contribution >= 0.6 is 11.6 Å². The van der Waals surface area contributed by atoms with Gasteiger partial charge in [0.25, 0.3) is 5.69 Å². The van der Waals surface area contributed by atoms with Crippen molar-refractivity contribution >= 4 is 23.0 Å². The molecule has 1 aliphatic carbocycles. The van der Waals surface area contributed by atoms with Crippen molar-refractivity contribution in [3.63, 3.8) is 0 Å². The van der Waals surface area contributed by atoms with E-state index in [0.29, 0.717) is 5.02 Å². The van der Waals surface area contributed by atoms with Crippen molar-refractivity contribution in [1.82, 2.24) is 0 Å². The highest BCUT2D eigenvalue weighted by molar-refractivity contribution is 6.33. The Morgan fingerprint density at radius 2 is 2.25 bits per heavy atom. The molecular weight excluding hydrogens is 228 g/mol. The quantitative estimate of drug-likeness (QED) is 0.648. The summed E-state index contributed by atoms with van der Waals surface area (Å²) in [5, 5.41) is 14.3. The molecule has 0 unspecified atom stereocenters. The van der Waals surface area contributed by atoms with Crippen LogP contribution in [-0.2, 0) is 0 Å². The third-order valence-corrected chi connectivity index (χ3v) is 3.05. The number of nitrogens with zero attached hydrogens (tertiary/aromatic N) is 1. The first-order valence-corrected chi connectivity index (χ1v) is 5.64. The molecule has 1 fully saturated rings. The van der Waals surface area contributed by atoms with E-state index < -0.39 is 4.92 Å². The van der Waals surface area contributed by atoms with E-state index >= 15 is 0 Å². The van der Waals surface area contributed by atoms with Gasteiger partial charge in [0.05, 0.1) is 15.6 Å². The van der Waals surface area contributed by atoms with Gasteiger partial charge in [-0.15, -0.1) is 0 Å². The molecule has 0 heterocycles. The fraction of sp³-hybridized carbons (Fsp3) is 0.455. The molecule has 0 bridgehead atoms. The molecule has 0 saturated heterocycles. The summed E-state index contributed by atoms with van der Waals surface area (Å²) in [4.78, 5) is 10.2. The maximum atomic E-state index is 10.6. The first kappa shape index (κ1) is 11.2. The normalized spacial score (nSPS) is 14.9. The average Bonchev–Trinajstić information content (AvgIpc) is 2.99. The van der Waals surface area contributed by atoms with Crippen LogP contribution in [0.3, 0.4) is 0 Å². The van der Waals surface area contributed by atoms with E-state index in [4.69, 9.17) is 11.6 Å². The molecule has 1 saturated carbocycles. The number of benzene rings is 1. The van der Waals surface area contributed by atoms with E-state index in [1.54, 1.807) is 6.07 Å². The van der Waals surface area contributed by atoms with Crippen LogP contribution in [0.4, 0.5) is 11.4 Å². The Morgan fingerprint density at radius 3 is 2.75 bits per heavy atom. The Morgan fingerprint density at radius 1 is 1.56 bits per heavy atom. The van der Waals surface area contributed by atoms with E-state index in [1.165, 1.54) is 18.9 Å². The van der Waals surface area contributed by atoms with Crippen LogP contribution in [0, 0.1) is 23.0 Å². The fourth-order valence-electron chi connectivity index (χ4n) is 1.62. The van der Waals surface area contributed by atoms with Crippen molar-refractivity contribution in [2.75, 3.05) is 11.9 Å². The lowest BCUT2D eigenvalue weighted by Gasteiger charge is -2.10. The van der Waals surface area contributed by atoms with Gasteiger partial charge in [0, 0.05) is 18.7 Å². The molecule has 0 amide bonds. The van der Waals surface area contributed by atoms with Crippen LogP contribution in [0.5, 0.6) is 0 Å². The Kier molecular flexibility index (Phi) is 3.01. The number of rotatable bonds is 4. The van der Waals surface area contributed by atoms with Crippen LogP contribution < -0.4 is 5.32 Å². The van der Waals surface area contributed by atoms with E-state index in [9.17, 15) is 10.1 Å². The molecule has 1 aliphatic rings. The summed E-state index contributed by atoms with van der Waals surface area (Å²) in [6, 6.07) is 2.94. The van der Waals surface area contributed by atoms with Crippen LogP contribution in [0.15, 0.2) is 12.1 Å². The minimum absolute atomic E-state index is 0.0412. The molecule has 1 aromatic rings. The first-order chi connectivity index (χ1) is 7.58. The van der Waals surface area contributed by atoms with Gasteiger partial charge in [-0.3, -0.25) is 10.1 Å². The molecule has 0 spiro atoms. The monoisotopic (exact) mass is 240 g/mol. The Labute approximate surface area is 98.8 Å². The second kappa shape index (κ2) is 4.29. The molecule has 1 aromatic carbocycles. The van der Waals surface area contributed by atoms with Gasteiger partial charge in [0.1, 0.15) is 0 Å². The zero-order valence-corrected chi connectivity index (χ0v) is 9.75. The van der Waals surface area contributed by atoms with Gasteiger partial charge in [0.2, 0.25) is 0 Å². The van der Waals surface area contributed by atoms with Crippen molar-refractivity contribution in [3.05, 3.63) is 32.8 Å². The topological polar surface area (TPSA) is 55.2 Å². The highest BCUT2D eigenvalue weighted by Crippen LogP contribution is 2.33. The summed E-state index contributed by atoms with van der Waals surface area (Å²) in [6.45, 7) is 2.73. The number of hydrogen-bond donors (Lipinski definition) is 1. The molecule has 16 heavy (non-hydrogen) atoms. The lowest BCUT2D eigenvalue weighted by atomic mass is 10.1. The summed E-state index contributed by atoms with van der Waals surface area (Å²) in [6.07, 6.45) is 2.52. The Balaban J connectivity index is 2.19. The highest BCUT2D eigenvalue weighted by atomic mass is 35.5. The third kappa shape index (κ3) is 2.44. The van der Waals surface area contributed by atoms with Crippen LogP contribution in [0.1, 0.15) is 18.4 Å². The predicted octanol–water partition coefficient (Wildman–Crippen LogP) is 3.38. The van der Waals surface area contributed by atoms with E-state index in [-0.39, 0.29) is 5.69 Å². The van der Waals surface area contributed by atoms with Crippen molar-refractivity contribution in [2.45, 2.75) is 19.8 Å². The van der Waals surface area contributed by atoms with Crippen LogP contribution in [0.25, 0.3) is 0 Å². The van der Waals surface area contributed by atoms with Gasteiger partial charge in [-0.1, -0.05) is 11.6 Å². The second-order valence-electron chi connectivity index (χ2n) is 4.20. The summed E-state index contributed by atoms with van der Waals surface area (Å²) >= 11 is 6.02. The number of anilines is 1. The third-order valence-electron chi connectivity index (χ3n) is 2.75. The SMILES string of the molecule is Cc1cc([N+](=O)[O-])cc(Cl)c1NCC1CC1. The molecule has 0 atom stereocenters. The number of non-ortho nitro benzene ring substituents is 1. The number of hydrogen-bond acceptors (Lipinski definition) is 3. The first-order valence-electron chi connectivity index (χ1n) is 5.26. The molecule has 86 valence electrons. The minimum atomic E-state index is -0.427. The minimum Gasteiger partial charge on any atom is -0.383 e. The lowest BCUT2D eigenvalue weighted by Crippen LogP contribution is -2.05. The number of nitrogens with one attached hydrogen (secondary N) is 1. The summed E-state index contributed by atoms with van der Waals surface area (Å²) in [5.74, 6) is 0.741. The molecule has 0 radical (unpaired) electrons. The van der Waals surface area contributed by atoms with Crippen LogP contribution in [-0.4, -0.2) is 11.5 Å². The zero-order chi connectivity index (χ0) is 11.7. The van der Waals surface area contributed by atoms with E-state index in [2.05, 4.69) is 5.32 Å². The molecular formula is C11H13ClN2O2. The highest BCUT2D eigenvalue weighted by Gasteiger charge is 2.22. The molecule has 2 rings (SSSR count). The average molecular weight is 241 g/mol. The molecule has 5 heteroatoms. The van der Waals surface area contributed by atoms with Gasteiger partial charge in [-0.25, -0.2) is 0 Å². The number of aryl methyl sites for hydroxylation is 1. The predicted molar refractivity (Wildman–Crippen MR) is 64.1 cm³/mol. The molecule has 1 N–H and O–H groups in total. The van der Waals surface area contributed by atoms with Gasteiger partial charge < -0.3 is 5.32 Å². The van der Waals surface area contributed by atoms with Crippen molar-refractivity contribution in [1.29, 1.82) is 0 Å². The lowest BCUT2D eigenvalue weighted by molar-refractivity contribution is -0.384. The maximum Gasteiger partial charge on any atom is 0.271 e. The second-order valence-corrected chi connectivity index (χ2v) is 4.61.